The van der Waals surface area contributed by atoms with Gasteiger partial charge < -0.3 is 9.15 Å². The minimum absolute atomic E-state index is 0.173. The number of aromatic nitrogens is 3. The van der Waals surface area contributed by atoms with Crippen LogP contribution in [-0.4, -0.2) is 27.8 Å². The van der Waals surface area contributed by atoms with Crippen LogP contribution in [0.15, 0.2) is 65.5 Å². The van der Waals surface area contributed by atoms with Gasteiger partial charge in [-0.05, 0) is 17.7 Å². The third-order valence-electron chi connectivity index (χ3n) is 4.19. The second-order valence-corrected chi connectivity index (χ2v) is 6.10. The molecule has 2 heterocycles. The zero-order valence-corrected chi connectivity index (χ0v) is 14.8. The highest BCUT2D eigenvalue weighted by molar-refractivity contribution is 5.94. The summed E-state index contributed by atoms with van der Waals surface area (Å²) >= 11 is 0. The van der Waals surface area contributed by atoms with Crippen molar-refractivity contribution >= 4 is 22.8 Å². The van der Waals surface area contributed by atoms with E-state index in [9.17, 15) is 4.79 Å². The van der Waals surface area contributed by atoms with Crippen molar-refractivity contribution in [3.8, 4) is 5.75 Å². The summed E-state index contributed by atoms with van der Waals surface area (Å²) < 4.78 is 12.4. The fraction of sp³-hybridized carbons (Fsp3) is 0.150. The van der Waals surface area contributed by atoms with Crippen molar-refractivity contribution in [2.45, 2.75) is 13.0 Å². The third kappa shape index (κ3) is 3.82. The standard InChI is InChI=1S/C20H18N4O3/c1-26-16-7-8-17-15(12-27-18(17)10-16)9-19(25)22-20-21-13-24(23-20)11-14-5-3-2-4-6-14/h2-8,10,12-13H,9,11H2,1H3,(H,22,23,25). The predicted octanol–water partition coefficient (Wildman–Crippen LogP) is 3.26. The van der Waals surface area contributed by atoms with Crippen molar-refractivity contribution in [3.63, 3.8) is 0 Å². The summed E-state index contributed by atoms with van der Waals surface area (Å²) in [5.41, 5.74) is 2.59. The third-order valence-corrected chi connectivity index (χ3v) is 4.19. The maximum absolute atomic E-state index is 12.3. The van der Waals surface area contributed by atoms with Crippen molar-refractivity contribution < 1.29 is 13.9 Å². The average Bonchev–Trinajstić information content (AvgIpc) is 3.29. The van der Waals surface area contributed by atoms with Crippen molar-refractivity contribution in [3.05, 3.63) is 72.2 Å². The van der Waals surface area contributed by atoms with Crippen LogP contribution in [0.4, 0.5) is 5.95 Å². The summed E-state index contributed by atoms with van der Waals surface area (Å²) in [4.78, 5) is 16.5. The first kappa shape index (κ1) is 16.8. The second kappa shape index (κ2) is 7.33. The molecular weight excluding hydrogens is 344 g/mol. The Morgan fingerprint density at radius 2 is 2.07 bits per heavy atom. The summed E-state index contributed by atoms with van der Waals surface area (Å²) in [5.74, 6) is 0.789. The van der Waals surface area contributed by atoms with Gasteiger partial charge in [0.2, 0.25) is 11.9 Å². The molecule has 0 atom stereocenters. The Kier molecular flexibility index (Phi) is 4.57. The Balaban J connectivity index is 1.41. The smallest absolute Gasteiger partial charge is 0.248 e. The highest BCUT2D eigenvalue weighted by Gasteiger charge is 2.13. The van der Waals surface area contributed by atoms with Gasteiger partial charge in [0.25, 0.3) is 0 Å². The molecule has 0 spiro atoms. The number of nitrogens with one attached hydrogen (secondary N) is 1. The minimum Gasteiger partial charge on any atom is -0.497 e. The summed E-state index contributed by atoms with van der Waals surface area (Å²) in [6, 6.07) is 15.5. The summed E-state index contributed by atoms with van der Waals surface area (Å²) in [6.07, 6.45) is 3.36. The quantitative estimate of drug-likeness (QED) is 0.569. The largest absolute Gasteiger partial charge is 0.497 e. The molecule has 1 amide bonds. The number of furan rings is 1. The molecule has 0 aliphatic carbocycles. The normalized spacial score (nSPS) is 10.9. The lowest BCUT2D eigenvalue weighted by molar-refractivity contribution is -0.115. The predicted molar refractivity (Wildman–Crippen MR) is 101 cm³/mol. The summed E-state index contributed by atoms with van der Waals surface area (Å²) in [5, 5.41) is 7.90. The van der Waals surface area contributed by atoms with Crippen molar-refractivity contribution in [1.29, 1.82) is 0 Å². The van der Waals surface area contributed by atoms with E-state index in [4.69, 9.17) is 9.15 Å². The Labute approximate surface area is 155 Å². The van der Waals surface area contributed by atoms with E-state index >= 15 is 0 Å². The van der Waals surface area contributed by atoms with Crippen LogP contribution in [0.25, 0.3) is 11.0 Å². The van der Waals surface area contributed by atoms with Crippen LogP contribution < -0.4 is 10.1 Å². The van der Waals surface area contributed by atoms with E-state index in [0.717, 1.165) is 16.5 Å². The molecule has 4 aromatic rings. The number of fused-ring (bicyclic) bond motifs is 1. The molecule has 0 bridgehead atoms. The van der Waals surface area contributed by atoms with Gasteiger partial charge in [0, 0.05) is 17.0 Å². The molecule has 4 rings (SSSR count). The molecule has 7 nitrogen and oxygen atoms in total. The molecule has 0 saturated heterocycles. The van der Waals surface area contributed by atoms with Crippen LogP contribution in [-0.2, 0) is 17.8 Å². The fourth-order valence-corrected chi connectivity index (χ4v) is 2.87. The van der Waals surface area contributed by atoms with Gasteiger partial charge in [0.1, 0.15) is 17.7 Å². The van der Waals surface area contributed by atoms with Gasteiger partial charge in [-0.3, -0.25) is 10.1 Å². The zero-order valence-electron chi connectivity index (χ0n) is 14.8. The molecule has 0 aliphatic rings. The van der Waals surface area contributed by atoms with Gasteiger partial charge in [-0.25, -0.2) is 9.67 Å². The van der Waals surface area contributed by atoms with E-state index in [-0.39, 0.29) is 18.3 Å². The number of nitrogens with zero attached hydrogens (tertiary/aromatic N) is 3. The highest BCUT2D eigenvalue weighted by atomic mass is 16.5. The van der Waals surface area contributed by atoms with Crippen molar-refractivity contribution in [2.24, 2.45) is 0 Å². The number of amides is 1. The molecule has 2 aromatic heterocycles. The Morgan fingerprint density at radius 1 is 1.22 bits per heavy atom. The van der Waals surface area contributed by atoms with Gasteiger partial charge in [0.15, 0.2) is 0 Å². The van der Waals surface area contributed by atoms with Gasteiger partial charge in [-0.2, -0.15) is 0 Å². The molecule has 27 heavy (non-hydrogen) atoms. The molecule has 1 N–H and O–H groups in total. The Morgan fingerprint density at radius 3 is 2.89 bits per heavy atom. The lowest BCUT2D eigenvalue weighted by Crippen LogP contribution is -2.15. The molecule has 2 aromatic carbocycles. The maximum Gasteiger partial charge on any atom is 0.248 e. The number of rotatable bonds is 6. The topological polar surface area (TPSA) is 82.2 Å². The molecule has 7 heteroatoms. The summed E-state index contributed by atoms with van der Waals surface area (Å²) in [7, 11) is 1.60. The lowest BCUT2D eigenvalue weighted by Gasteiger charge is -2.02. The van der Waals surface area contributed by atoms with Crippen LogP contribution in [0.1, 0.15) is 11.1 Å². The molecule has 0 saturated carbocycles. The van der Waals surface area contributed by atoms with Crippen LogP contribution in [0, 0.1) is 0 Å². The van der Waals surface area contributed by atoms with Crippen LogP contribution in [0.2, 0.25) is 0 Å². The SMILES string of the molecule is COc1ccc2c(CC(=O)Nc3ncn(Cc4ccccc4)n3)coc2c1. The number of benzene rings is 2. The molecule has 0 unspecified atom stereocenters. The van der Waals surface area contributed by atoms with Crippen LogP contribution >= 0.6 is 0 Å². The van der Waals surface area contributed by atoms with E-state index in [2.05, 4.69) is 15.4 Å². The Hall–Kier alpha value is -3.61. The number of ether oxygens (including phenoxy) is 1. The first-order valence-electron chi connectivity index (χ1n) is 8.48. The average molecular weight is 362 g/mol. The van der Waals surface area contributed by atoms with E-state index in [1.807, 2.05) is 42.5 Å². The van der Waals surface area contributed by atoms with Crippen molar-refractivity contribution in [1.82, 2.24) is 14.8 Å². The van der Waals surface area contributed by atoms with E-state index in [1.54, 1.807) is 30.4 Å². The first-order valence-corrected chi connectivity index (χ1v) is 8.48. The number of hydrogen-bond acceptors (Lipinski definition) is 5. The van der Waals surface area contributed by atoms with Crippen molar-refractivity contribution in [2.75, 3.05) is 12.4 Å². The van der Waals surface area contributed by atoms with E-state index < -0.39 is 0 Å². The monoisotopic (exact) mass is 362 g/mol. The highest BCUT2D eigenvalue weighted by Crippen LogP contribution is 2.26. The number of carbonyl (C=O) groups excluding carboxylic acids is 1. The number of carbonyl (C=O) groups is 1. The molecule has 0 fully saturated rings. The second-order valence-electron chi connectivity index (χ2n) is 6.10. The first-order chi connectivity index (χ1) is 13.2. The van der Waals surface area contributed by atoms with Gasteiger partial charge in [-0.15, -0.1) is 5.10 Å². The van der Waals surface area contributed by atoms with E-state index in [0.29, 0.717) is 17.9 Å². The fourth-order valence-electron chi connectivity index (χ4n) is 2.87. The van der Waals surface area contributed by atoms with Gasteiger partial charge in [0.05, 0.1) is 26.3 Å². The Bertz CT molecular complexity index is 1070. The molecule has 136 valence electrons. The van der Waals surface area contributed by atoms with Crippen LogP contribution in [0.5, 0.6) is 5.75 Å². The maximum atomic E-state index is 12.3. The van der Waals surface area contributed by atoms with Crippen LogP contribution in [0.3, 0.4) is 0 Å². The van der Waals surface area contributed by atoms with E-state index in [1.165, 1.54) is 0 Å². The number of hydrogen-bond donors (Lipinski definition) is 1. The molecule has 0 radical (unpaired) electrons. The lowest BCUT2D eigenvalue weighted by atomic mass is 10.1. The van der Waals surface area contributed by atoms with Gasteiger partial charge >= 0.3 is 0 Å². The molecular formula is C20H18N4O3. The van der Waals surface area contributed by atoms with Gasteiger partial charge in [-0.1, -0.05) is 30.3 Å². The number of anilines is 1. The summed E-state index contributed by atoms with van der Waals surface area (Å²) in [6.45, 7) is 0.595. The molecule has 0 aliphatic heterocycles. The minimum atomic E-state index is -0.203. The number of methoxy groups -OCH3 is 1. The zero-order chi connectivity index (χ0) is 18.6.